The van der Waals surface area contributed by atoms with Crippen molar-refractivity contribution in [2.75, 3.05) is 43.4 Å². The highest BCUT2D eigenvalue weighted by atomic mass is 16.1. The summed E-state index contributed by atoms with van der Waals surface area (Å²) < 4.78 is 1.97. The van der Waals surface area contributed by atoms with Crippen LogP contribution in [-0.2, 0) is 13.6 Å². The van der Waals surface area contributed by atoms with Gasteiger partial charge in [-0.15, -0.1) is 0 Å². The summed E-state index contributed by atoms with van der Waals surface area (Å²) in [5, 5.41) is 7.29. The number of piperazine rings is 1. The smallest absolute Gasteiger partial charge is 0.254 e. The summed E-state index contributed by atoms with van der Waals surface area (Å²) in [6, 6.07) is 10.0. The lowest BCUT2D eigenvalue weighted by Crippen LogP contribution is -2.44. The van der Waals surface area contributed by atoms with E-state index in [1.165, 1.54) is 0 Å². The third-order valence-corrected chi connectivity index (χ3v) is 6.76. The molecule has 5 heterocycles. The number of aryl methyl sites for hydroxylation is 1. The summed E-state index contributed by atoms with van der Waals surface area (Å²) in [5.74, 6) is 0.617. The maximum atomic E-state index is 12.8. The Morgan fingerprint density at radius 3 is 2.62 bits per heavy atom. The summed E-state index contributed by atoms with van der Waals surface area (Å²) in [6.45, 7) is 4.56. The Balaban J connectivity index is 1.32. The van der Waals surface area contributed by atoms with Gasteiger partial charge in [-0.2, -0.15) is 0 Å². The molecule has 2 aliphatic heterocycles. The van der Waals surface area contributed by atoms with Crippen LogP contribution in [0.5, 0.6) is 0 Å². The zero-order valence-corrected chi connectivity index (χ0v) is 19.2. The van der Waals surface area contributed by atoms with E-state index < -0.39 is 0 Å². The molecule has 1 saturated heterocycles. The van der Waals surface area contributed by atoms with Gasteiger partial charge in [0.15, 0.2) is 0 Å². The van der Waals surface area contributed by atoms with Crippen LogP contribution in [0.1, 0.15) is 15.9 Å². The monoisotopic (exact) mass is 454 g/mol. The van der Waals surface area contributed by atoms with Gasteiger partial charge in [-0.1, -0.05) is 6.07 Å². The third kappa shape index (κ3) is 3.45. The number of nitrogens with one attached hydrogen (secondary N) is 2. The predicted molar refractivity (Wildman–Crippen MR) is 132 cm³/mol. The molecule has 6 rings (SSSR count). The van der Waals surface area contributed by atoms with Gasteiger partial charge in [0, 0.05) is 56.9 Å². The number of rotatable bonds is 4. The molecule has 0 spiro atoms. The van der Waals surface area contributed by atoms with Crippen molar-refractivity contribution >= 4 is 34.1 Å². The van der Waals surface area contributed by atoms with Crippen LogP contribution in [-0.4, -0.2) is 63.6 Å². The molecule has 9 heteroatoms. The highest BCUT2D eigenvalue weighted by molar-refractivity contribution is 6.07. The van der Waals surface area contributed by atoms with Gasteiger partial charge in [-0.25, -0.2) is 15.0 Å². The molecular weight excluding hydrogens is 428 g/mol. The van der Waals surface area contributed by atoms with Gasteiger partial charge in [0.25, 0.3) is 5.91 Å². The number of carbonyl (C=O) groups excluding carboxylic acids is 1. The molecule has 9 nitrogen and oxygen atoms in total. The molecular formula is C25H26N8O. The second kappa shape index (κ2) is 8.11. The van der Waals surface area contributed by atoms with Crippen LogP contribution in [0.4, 0.5) is 17.2 Å². The molecule has 0 aliphatic carbocycles. The van der Waals surface area contributed by atoms with Crippen LogP contribution < -0.4 is 15.5 Å². The number of hydrogen-bond acceptors (Lipinski definition) is 7. The van der Waals surface area contributed by atoms with Crippen molar-refractivity contribution in [2.45, 2.75) is 6.54 Å². The van der Waals surface area contributed by atoms with Crippen LogP contribution in [0.3, 0.4) is 0 Å². The second-order valence-electron chi connectivity index (χ2n) is 8.90. The zero-order valence-electron chi connectivity index (χ0n) is 19.2. The first-order chi connectivity index (χ1) is 16.6. The van der Waals surface area contributed by atoms with Gasteiger partial charge >= 0.3 is 0 Å². The lowest BCUT2D eigenvalue weighted by atomic mass is 9.97. The SMILES string of the molecule is CN1CCN(c2ccc(Nc3ccc(-c4ncnc5c4ccn5C)c4c3C(=O)NC4)nc2)CC1. The molecule has 1 fully saturated rings. The molecule has 0 unspecified atom stereocenters. The number of carbonyl (C=O) groups is 1. The molecule has 172 valence electrons. The van der Waals surface area contributed by atoms with Gasteiger partial charge in [-0.05, 0) is 36.9 Å². The van der Waals surface area contributed by atoms with E-state index in [-0.39, 0.29) is 5.91 Å². The fourth-order valence-electron chi connectivity index (χ4n) is 4.82. The molecule has 0 saturated carbocycles. The number of aromatic nitrogens is 4. The third-order valence-electron chi connectivity index (χ3n) is 6.76. The summed E-state index contributed by atoms with van der Waals surface area (Å²) >= 11 is 0. The number of anilines is 3. The van der Waals surface area contributed by atoms with E-state index in [2.05, 4.69) is 48.5 Å². The summed E-state index contributed by atoms with van der Waals surface area (Å²) in [5.41, 5.74) is 6.08. The summed E-state index contributed by atoms with van der Waals surface area (Å²) in [7, 11) is 4.11. The summed E-state index contributed by atoms with van der Waals surface area (Å²) in [6.07, 6.45) is 5.45. The molecule has 0 radical (unpaired) electrons. The van der Waals surface area contributed by atoms with Gasteiger partial charge < -0.3 is 25.0 Å². The first kappa shape index (κ1) is 20.6. The topological polar surface area (TPSA) is 91.2 Å². The maximum Gasteiger partial charge on any atom is 0.254 e. The Kier molecular flexibility index (Phi) is 4.91. The molecule has 2 N–H and O–H groups in total. The molecule has 2 aliphatic rings. The fourth-order valence-corrected chi connectivity index (χ4v) is 4.82. The van der Waals surface area contributed by atoms with Crippen molar-refractivity contribution in [1.82, 2.24) is 29.7 Å². The van der Waals surface area contributed by atoms with E-state index in [9.17, 15) is 4.79 Å². The Morgan fingerprint density at radius 1 is 0.971 bits per heavy atom. The predicted octanol–water partition coefficient (Wildman–Crippen LogP) is 2.77. The van der Waals surface area contributed by atoms with Crippen molar-refractivity contribution in [3.05, 3.63) is 60.2 Å². The van der Waals surface area contributed by atoms with Crippen LogP contribution in [0.25, 0.3) is 22.3 Å². The van der Waals surface area contributed by atoms with Gasteiger partial charge in [-0.3, -0.25) is 4.79 Å². The van der Waals surface area contributed by atoms with Crippen molar-refractivity contribution < 1.29 is 4.79 Å². The van der Waals surface area contributed by atoms with Crippen LogP contribution in [0.2, 0.25) is 0 Å². The van der Waals surface area contributed by atoms with Crippen LogP contribution in [0.15, 0.2) is 49.1 Å². The number of likely N-dealkylation sites (N-methyl/N-ethyl adjacent to an activating group) is 1. The lowest BCUT2D eigenvalue weighted by Gasteiger charge is -2.33. The molecule has 3 aromatic heterocycles. The van der Waals surface area contributed by atoms with Crippen molar-refractivity contribution in [2.24, 2.45) is 7.05 Å². The van der Waals surface area contributed by atoms with E-state index in [0.29, 0.717) is 17.9 Å². The lowest BCUT2D eigenvalue weighted by molar-refractivity contribution is 0.0966. The van der Waals surface area contributed by atoms with Crippen molar-refractivity contribution in [1.29, 1.82) is 0 Å². The van der Waals surface area contributed by atoms with E-state index in [1.54, 1.807) is 6.33 Å². The molecule has 4 aromatic rings. The largest absolute Gasteiger partial charge is 0.368 e. The number of nitrogens with zero attached hydrogens (tertiary/aromatic N) is 6. The normalized spacial score (nSPS) is 16.1. The minimum Gasteiger partial charge on any atom is -0.368 e. The van der Waals surface area contributed by atoms with E-state index in [4.69, 9.17) is 0 Å². The zero-order chi connectivity index (χ0) is 23.2. The van der Waals surface area contributed by atoms with Gasteiger partial charge in [0.1, 0.15) is 17.8 Å². The highest BCUT2D eigenvalue weighted by Crippen LogP contribution is 2.36. The van der Waals surface area contributed by atoms with E-state index in [0.717, 1.165) is 65.4 Å². The molecule has 0 atom stereocenters. The van der Waals surface area contributed by atoms with E-state index >= 15 is 0 Å². The standard InChI is InChI=1S/C25H26N8O/c1-31-9-11-33(12-10-31)16-3-6-21(26-13-16)30-20-5-4-17(19-14-27-25(34)22(19)20)23-18-7-8-32(2)24(18)29-15-28-23/h3-8,13,15H,9-12,14H2,1-2H3,(H,26,30)(H,27,34). The molecule has 1 amide bonds. The Hall–Kier alpha value is -3.98. The average molecular weight is 455 g/mol. The van der Waals surface area contributed by atoms with Gasteiger partial charge in [0.2, 0.25) is 0 Å². The quantitative estimate of drug-likeness (QED) is 0.490. The second-order valence-corrected chi connectivity index (χ2v) is 8.90. The Labute approximate surface area is 197 Å². The van der Waals surface area contributed by atoms with Crippen LogP contribution >= 0.6 is 0 Å². The number of hydrogen-bond donors (Lipinski definition) is 2. The first-order valence-electron chi connectivity index (χ1n) is 11.5. The Morgan fingerprint density at radius 2 is 1.82 bits per heavy atom. The van der Waals surface area contributed by atoms with E-state index in [1.807, 2.05) is 48.3 Å². The molecule has 34 heavy (non-hydrogen) atoms. The highest BCUT2D eigenvalue weighted by Gasteiger charge is 2.27. The number of benzene rings is 1. The van der Waals surface area contributed by atoms with Crippen molar-refractivity contribution in [3.63, 3.8) is 0 Å². The molecule has 0 bridgehead atoms. The summed E-state index contributed by atoms with van der Waals surface area (Å²) in [4.78, 5) is 31.1. The van der Waals surface area contributed by atoms with Crippen LogP contribution in [0, 0.1) is 0 Å². The average Bonchev–Trinajstić information content (AvgIpc) is 3.44. The number of amides is 1. The fraction of sp³-hybridized carbons (Fsp3) is 0.280. The maximum absolute atomic E-state index is 12.8. The minimum absolute atomic E-state index is 0.0910. The number of pyridine rings is 1. The van der Waals surface area contributed by atoms with Gasteiger partial charge in [0.05, 0.1) is 28.8 Å². The number of fused-ring (bicyclic) bond motifs is 2. The van der Waals surface area contributed by atoms with Crippen molar-refractivity contribution in [3.8, 4) is 11.3 Å². The first-order valence-corrected chi connectivity index (χ1v) is 11.5. The molecule has 1 aromatic carbocycles. The Bertz CT molecular complexity index is 1390. The minimum atomic E-state index is -0.0910.